The number of benzene rings is 2. The van der Waals surface area contributed by atoms with Gasteiger partial charge in [0.05, 0.1) is 26.2 Å². The van der Waals surface area contributed by atoms with Gasteiger partial charge in [-0.05, 0) is 48.4 Å². The lowest BCUT2D eigenvalue weighted by atomic mass is 9.83. The first-order valence-corrected chi connectivity index (χ1v) is 9.22. The quantitative estimate of drug-likeness (QED) is 0.699. The molecule has 1 heterocycles. The van der Waals surface area contributed by atoms with Crippen LogP contribution >= 0.6 is 0 Å². The van der Waals surface area contributed by atoms with Crippen LogP contribution in [0, 0.1) is 17.2 Å². The zero-order valence-electron chi connectivity index (χ0n) is 16.3. The van der Waals surface area contributed by atoms with Crippen molar-refractivity contribution in [2.45, 2.75) is 18.9 Å². The fourth-order valence-corrected chi connectivity index (χ4v) is 3.58. The topological polar surface area (TPSA) is 88.9 Å². The number of methoxy groups -OCH3 is 2. The molecule has 1 fully saturated rings. The molecule has 2 atom stereocenters. The number of carbonyl (C=O) groups is 2. The lowest BCUT2D eigenvalue weighted by molar-refractivity contribution is -0.149. The van der Waals surface area contributed by atoms with Crippen molar-refractivity contribution in [3.05, 3.63) is 54.1 Å². The molecule has 0 aromatic heterocycles. The average molecular weight is 394 g/mol. The van der Waals surface area contributed by atoms with Gasteiger partial charge >= 0.3 is 5.97 Å². The zero-order valence-corrected chi connectivity index (χ0v) is 16.3. The van der Waals surface area contributed by atoms with Crippen LogP contribution in [0.2, 0.25) is 0 Å². The maximum absolute atomic E-state index is 12.9. The first-order chi connectivity index (χ1) is 14.1. The van der Waals surface area contributed by atoms with Gasteiger partial charge in [0.2, 0.25) is 5.91 Å². The minimum atomic E-state index is -0.587. The van der Waals surface area contributed by atoms with Gasteiger partial charge in [0, 0.05) is 12.1 Å². The van der Waals surface area contributed by atoms with Gasteiger partial charge in [-0.15, -0.1) is 0 Å². The first-order valence-electron chi connectivity index (χ1n) is 9.22. The third-order valence-corrected chi connectivity index (χ3v) is 4.99. The molecular weight excluding hydrogens is 372 g/mol. The molecule has 0 saturated carbocycles. The van der Waals surface area contributed by atoms with Crippen LogP contribution in [0.1, 0.15) is 24.4 Å². The molecule has 150 valence electrons. The van der Waals surface area contributed by atoms with Crippen LogP contribution in [-0.4, -0.2) is 32.7 Å². The molecule has 1 aliphatic rings. The van der Waals surface area contributed by atoms with E-state index in [2.05, 4.69) is 0 Å². The second kappa shape index (κ2) is 9.11. The van der Waals surface area contributed by atoms with E-state index >= 15 is 0 Å². The molecule has 7 heteroatoms. The van der Waals surface area contributed by atoms with Gasteiger partial charge in [0.1, 0.15) is 17.6 Å². The van der Waals surface area contributed by atoms with Crippen molar-refractivity contribution in [3.8, 4) is 17.6 Å². The van der Waals surface area contributed by atoms with Crippen molar-refractivity contribution >= 4 is 17.6 Å². The van der Waals surface area contributed by atoms with Crippen molar-refractivity contribution in [3.63, 3.8) is 0 Å². The summed E-state index contributed by atoms with van der Waals surface area (Å²) in [4.78, 5) is 27.2. The number of piperidine rings is 1. The summed E-state index contributed by atoms with van der Waals surface area (Å²) >= 11 is 0. The number of nitriles is 1. The zero-order chi connectivity index (χ0) is 20.8. The first kappa shape index (κ1) is 20.2. The van der Waals surface area contributed by atoms with Crippen LogP contribution in [0.15, 0.2) is 48.5 Å². The Bertz CT molecular complexity index is 902. The maximum atomic E-state index is 12.9. The second-order valence-electron chi connectivity index (χ2n) is 6.59. The highest BCUT2D eigenvalue weighted by atomic mass is 16.5. The van der Waals surface area contributed by atoms with E-state index in [1.165, 1.54) is 0 Å². The van der Waals surface area contributed by atoms with Crippen LogP contribution in [0.3, 0.4) is 0 Å². The molecule has 0 unspecified atom stereocenters. The van der Waals surface area contributed by atoms with Gasteiger partial charge in [-0.3, -0.25) is 9.59 Å². The predicted molar refractivity (Wildman–Crippen MR) is 106 cm³/mol. The molecule has 1 aliphatic heterocycles. The van der Waals surface area contributed by atoms with E-state index in [9.17, 15) is 9.59 Å². The Kier molecular flexibility index (Phi) is 6.35. The van der Waals surface area contributed by atoms with Crippen molar-refractivity contribution in [1.82, 2.24) is 0 Å². The van der Waals surface area contributed by atoms with E-state index in [0.717, 1.165) is 5.56 Å². The molecular formula is C22H22N2O5. The van der Waals surface area contributed by atoms with Crippen molar-refractivity contribution in [2.75, 3.05) is 25.7 Å². The number of hydrogen-bond acceptors (Lipinski definition) is 6. The van der Waals surface area contributed by atoms with Gasteiger partial charge in [0.25, 0.3) is 0 Å². The Labute approximate surface area is 169 Å². The molecule has 3 rings (SSSR count). The van der Waals surface area contributed by atoms with Gasteiger partial charge in [-0.2, -0.15) is 5.26 Å². The number of amides is 1. The molecule has 0 spiro atoms. The fourth-order valence-electron chi connectivity index (χ4n) is 3.58. The highest BCUT2D eigenvalue weighted by molar-refractivity contribution is 5.97. The van der Waals surface area contributed by atoms with Crippen molar-refractivity contribution in [1.29, 1.82) is 5.26 Å². The smallest absolute Gasteiger partial charge is 0.312 e. The van der Waals surface area contributed by atoms with E-state index < -0.39 is 17.9 Å². The molecule has 0 N–H and O–H groups in total. The Morgan fingerprint density at radius 3 is 2.21 bits per heavy atom. The second-order valence-corrected chi connectivity index (χ2v) is 6.59. The van der Waals surface area contributed by atoms with E-state index in [-0.39, 0.29) is 18.9 Å². The summed E-state index contributed by atoms with van der Waals surface area (Å²) in [6.07, 6.45) is 0.567. The number of carbonyl (C=O) groups excluding carboxylic acids is 2. The number of esters is 1. The van der Waals surface area contributed by atoms with Crippen LogP contribution in [0.25, 0.3) is 0 Å². The van der Waals surface area contributed by atoms with Gasteiger partial charge in [-0.25, -0.2) is 0 Å². The van der Waals surface area contributed by atoms with E-state index in [1.807, 2.05) is 18.2 Å². The Hall–Kier alpha value is -3.53. The third kappa shape index (κ3) is 4.32. The van der Waals surface area contributed by atoms with E-state index in [1.54, 1.807) is 55.5 Å². The number of ether oxygens (including phenoxy) is 3. The fraction of sp³-hybridized carbons (Fsp3) is 0.318. The molecule has 2 aromatic carbocycles. The van der Waals surface area contributed by atoms with Crippen LogP contribution in [0.5, 0.6) is 11.5 Å². The molecule has 0 bridgehead atoms. The molecule has 29 heavy (non-hydrogen) atoms. The molecule has 0 aliphatic carbocycles. The average Bonchev–Trinajstić information content (AvgIpc) is 2.77. The molecule has 1 amide bonds. The Balaban J connectivity index is 2.04. The summed E-state index contributed by atoms with van der Waals surface area (Å²) in [6.45, 7) is -0.318. The van der Waals surface area contributed by atoms with Crippen LogP contribution < -0.4 is 14.4 Å². The summed E-state index contributed by atoms with van der Waals surface area (Å²) in [6, 6.07) is 15.6. The van der Waals surface area contributed by atoms with E-state index in [0.29, 0.717) is 23.6 Å². The normalized spacial score (nSPS) is 18.7. The highest BCUT2D eigenvalue weighted by Crippen LogP contribution is 2.41. The summed E-state index contributed by atoms with van der Waals surface area (Å²) in [5.41, 5.74) is 1.45. The highest BCUT2D eigenvalue weighted by Gasteiger charge is 2.42. The van der Waals surface area contributed by atoms with Gasteiger partial charge in [-0.1, -0.05) is 12.1 Å². The van der Waals surface area contributed by atoms with Crippen molar-refractivity contribution in [2.24, 2.45) is 5.92 Å². The number of hydrogen-bond donors (Lipinski definition) is 0. The standard InChI is InChI=1S/C22H22N2O5/c1-27-17-7-3-15(4-8-17)21-19(22(26)29-14-13-23)11-12-20(25)24(21)16-5-9-18(28-2)10-6-16/h3-10,19,21H,11-12,14H2,1-2H3/t19-,21+/m0/s1. The van der Waals surface area contributed by atoms with Crippen LogP contribution in [-0.2, 0) is 14.3 Å². The molecule has 0 radical (unpaired) electrons. The minimum absolute atomic E-state index is 0.0830. The summed E-state index contributed by atoms with van der Waals surface area (Å²) in [5, 5.41) is 8.76. The summed E-state index contributed by atoms with van der Waals surface area (Å²) < 4.78 is 15.5. The number of rotatable bonds is 6. The van der Waals surface area contributed by atoms with E-state index in [4.69, 9.17) is 19.5 Å². The Morgan fingerprint density at radius 2 is 1.66 bits per heavy atom. The van der Waals surface area contributed by atoms with Gasteiger partial charge in [0.15, 0.2) is 6.61 Å². The molecule has 1 saturated heterocycles. The molecule has 2 aromatic rings. The molecule has 7 nitrogen and oxygen atoms in total. The number of nitrogens with zero attached hydrogens (tertiary/aromatic N) is 2. The lowest BCUT2D eigenvalue weighted by Gasteiger charge is -2.40. The minimum Gasteiger partial charge on any atom is -0.497 e. The number of anilines is 1. The third-order valence-electron chi connectivity index (χ3n) is 4.99. The largest absolute Gasteiger partial charge is 0.497 e. The Morgan fingerprint density at radius 1 is 1.07 bits per heavy atom. The van der Waals surface area contributed by atoms with Crippen molar-refractivity contribution < 1.29 is 23.8 Å². The lowest BCUT2D eigenvalue weighted by Crippen LogP contribution is -2.46. The monoisotopic (exact) mass is 394 g/mol. The van der Waals surface area contributed by atoms with Gasteiger partial charge < -0.3 is 19.1 Å². The predicted octanol–water partition coefficient (Wildman–Crippen LogP) is 3.25. The van der Waals surface area contributed by atoms with Crippen LogP contribution in [0.4, 0.5) is 5.69 Å². The SMILES string of the molecule is COc1ccc([C@@H]2[C@@H](C(=O)OCC#N)CCC(=O)N2c2ccc(OC)cc2)cc1. The summed E-state index contributed by atoms with van der Waals surface area (Å²) in [5.74, 6) is 0.190. The summed E-state index contributed by atoms with van der Waals surface area (Å²) in [7, 11) is 3.15. The maximum Gasteiger partial charge on any atom is 0.312 e.